The van der Waals surface area contributed by atoms with E-state index in [0.717, 1.165) is 41.4 Å². The van der Waals surface area contributed by atoms with Crippen LogP contribution in [0.3, 0.4) is 0 Å². The van der Waals surface area contributed by atoms with E-state index >= 15 is 0 Å². The van der Waals surface area contributed by atoms with E-state index in [1.807, 2.05) is 42.2 Å². The van der Waals surface area contributed by atoms with Crippen LogP contribution in [0.4, 0.5) is 5.82 Å². The molecule has 1 aliphatic rings. The number of ketones is 1. The Hall–Kier alpha value is -2.38. The number of carbonyl (C=O) groups excluding carboxylic acids is 1. The van der Waals surface area contributed by atoms with Crippen molar-refractivity contribution < 1.29 is 4.79 Å². The number of carbonyl (C=O) groups is 1. The number of imidazole rings is 1. The molecule has 0 amide bonds. The molecule has 1 fully saturated rings. The number of nitrogen functional groups attached to an aromatic ring is 1. The Kier molecular flexibility index (Phi) is 4.42. The number of thioether (sulfide) groups is 1. The van der Waals surface area contributed by atoms with Gasteiger partial charge >= 0.3 is 0 Å². The minimum Gasteiger partial charge on any atom is -0.382 e. The van der Waals surface area contributed by atoms with Gasteiger partial charge in [0.25, 0.3) is 0 Å². The molecular formula is C19H21N5OS. The van der Waals surface area contributed by atoms with Gasteiger partial charge < -0.3 is 10.6 Å². The zero-order chi connectivity index (χ0) is 18.3. The van der Waals surface area contributed by atoms with E-state index in [1.165, 1.54) is 0 Å². The predicted molar refractivity (Wildman–Crippen MR) is 106 cm³/mol. The van der Waals surface area contributed by atoms with Crippen LogP contribution in [0.15, 0.2) is 36.7 Å². The summed E-state index contributed by atoms with van der Waals surface area (Å²) in [6.07, 6.45) is 3.64. The summed E-state index contributed by atoms with van der Waals surface area (Å²) >= 11 is 1.92. The fraction of sp³-hybridized carbons (Fsp3) is 0.316. The molecule has 26 heavy (non-hydrogen) atoms. The van der Waals surface area contributed by atoms with E-state index in [-0.39, 0.29) is 11.0 Å². The number of fused-ring (bicyclic) bond motifs is 1. The van der Waals surface area contributed by atoms with Gasteiger partial charge in [-0.15, -0.1) is 11.8 Å². The molecule has 0 bridgehead atoms. The Balaban J connectivity index is 1.85. The van der Waals surface area contributed by atoms with Gasteiger partial charge in [0, 0.05) is 42.4 Å². The molecule has 2 N–H and O–H groups in total. The molecule has 1 saturated heterocycles. The van der Waals surface area contributed by atoms with Crippen molar-refractivity contribution in [1.82, 2.24) is 19.3 Å². The highest BCUT2D eigenvalue weighted by Gasteiger charge is 2.26. The third-order valence-electron chi connectivity index (χ3n) is 4.73. The minimum atomic E-state index is 0.0507. The maximum absolute atomic E-state index is 11.5. The second-order valence-electron chi connectivity index (χ2n) is 6.60. The van der Waals surface area contributed by atoms with E-state index < -0.39 is 0 Å². The monoisotopic (exact) mass is 367 g/mol. The quantitative estimate of drug-likeness (QED) is 0.718. The summed E-state index contributed by atoms with van der Waals surface area (Å²) < 4.78 is 2.06. The molecule has 0 saturated carbocycles. The van der Waals surface area contributed by atoms with E-state index in [9.17, 15) is 4.79 Å². The van der Waals surface area contributed by atoms with E-state index in [1.54, 1.807) is 13.1 Å². The lowest BCUT2D eigenvalue weighted by molar-refractivity contribution is 0.101. The van der Waals surface area contributed by atoms with E-state index in [2.05, 4.69) is 21.3 Å². The van der Waals surface area contributed by atoms with Crippen molar-refractivity contribution in [3.8, 4) is 11.3 Å². The molecule has 1 atom stereocenters. The molecule has 7 heteroatoms. The SMILES string of the molecule is CC(=O)c1ccc(-c2nc(C3CN(C)CCS3)n3ccnc(N)c23)cc1. The number of aromatic nitrogens is 3. The summed E-state index contributed by atoms with van der Waals surface area (Å²) in [6, 6.07) is 7.52. The fourth-order valence-corrected chi connectivity index (χ4v) is 4.69. The van der Waals surface area contributed by atoms with Gasteiger partial charge in [0.05, 0.1) is 5.25 Å². The van der Waals surface area contributed by atoms with Crippen LogP contribution in [-0.4, -0.2) is 50.9 Å². The summed E-state index contributed by atoms with van der Waals surface area (Å²) in [5, 5.41) is 0.285. The van der Waals surface area contributed by atoms with Crippen LogP contribution >= 0.6 is 11.8 Å². The van der Waals surface area contributed by atoms with Crippen molar-refractivity contribution in [1.29, 1.82) is 0 Å². The predicted octanol–water partition coefficient (Wildman–Crippen LogP) is 2.90. The average Bonchev–Trinajstić information content (AvgIpc) is 3.03. The van der Waals surface area contributed by atoms with Gasteiger partial charge in [0.2, 0.25) is 0 Å². The first kappa shape index (κ1) is 17.1. The molecule has 3 heterocycles. The standard InChI is InChI=1S/C19H21N5OS/c1-12(25)13-3-5-14(6-4-13)16-17-18(20)21-7-8-24(17)19(22-16)15-11-23(2)9-10-26-15/h3-8,15H,9-11H2,1-2H3,(H2,20,21). The highest BCUT2D eigenvalue weighted by molar-refractivity contribution is 7.99. The number of Topliss-reactive ketones (excluding diaryl/α,β-unsaturated/α-hetero) is 1. The summed E-state index contributed by atoms with van der Waals surface area (Å²) in [4.78, 5) is 23.1. The fourth-order valence-electron chi connectivity index (χ4n) is 3.31. The molecule has 0 aliphatic carbocycles. The number of rotatable bonds is 3. The van der Waals surface area contributed by atoms with Gasteiger partial charge in [-0.1, -0.05) is 24.3 Å². The molecule has 1 aromatic carbocycles. The lowest BCUT2D eigenvalue weighted by Gasteiger charge is -2.28. The Bertz CT molecular complexity index is 966. The van der Waals surface area contributed by atoms with Crippen molar-refractivity contribution in [3.63, 3.8) is 0 Å². The maximum atomic E-state index is 11.5. The topological polar surface area (TPSA) is 76.5 Å². The number of likely N-dealkylation sites (N-methyl/N-ethyl adjacent to an activating group) is 1. The van der Waals surface area contributed by atoms with Crippen molar-refractivity contribution >= 4 is 28.9 Å². The number of anilines is 1. The van der Waals surface area contributed by atoms with Gasteiger partial charge in [-0.05, 0) is 14.0 Å². The minimum absolute atomic E-state index is 0.0507. The highest BCUT2D eigenvalue weighted by Crippen LogP contribution is 2.36. The lowest BCUT2D eigenvalue weighted by atomic mass is 10.1. The molecule has 6 nitrogen and oxygen atoms in total. The first-order valence-electron chi connectivity index (χ1n) is 8.58. The average molecular weight is 367 g/mol. The van der Waals surface area contributed by atoms with Crippen molar-refractivity contribution in [2.45, 2.75) is 12.2 Å². The van der Waals surface area contributed by atoms with Crippen LogP contribution in [0, 0.1) is 0 Å². The zero-order valence-electron chi connectivity index (χ0n) is 14.8. The van der Waals surface area contributed by atoms with Crippen LogP contribution in [0.1, 0.15) is 28.4 Å². The molecule has 1 unspecified atom stereocenters. The molecular weight excluding hydrogens is 346 g/mol. The summed E-state index contributed by atoms with van der Waals surface area (Å²) in [6.45, 7) is 3.61. The summed E-state index contributed by atoms with van der Waals surface area (Å²) in [7, 11) is 2.14. The number of nitrogens with two attached hydrogens (primary N) is 1. The summed E-state index contributed by atoms with van der Waals surface area (Å²) in [5.41, 5.74) is 9.47. The first-order valence-corrected chi connectivity index (χ1v) is 9.63. The Labute approximate surface area is 156 Å². The second kappa shape index (κ2) is 6.74. The molecule has 134 valence electrons. The van der Waals surface area contributed by atoms with Crippen molar-refractivity contribution in [3.05, 3.63) is 48.0 Å². The Morgan fingerprint density at radius 3 is 2.77 bits per heavy atom. The highest BCUT2D eigenvalue weighted by atomic mass is 32.2. The normalized spacial score (nSPS) is 18.3. The molecule has 3 aromatic rings. The molecule has 4 rings (SSSR count). The molecule has 2 aromatic heterocycles. The van der Waals surface area contributed by atoms with Gasteiger partial charge in [0.15, 0.2) is 5.78 Å². The molecule has 0 radical (unpaired) electrons. The van der Waals surface area contributed by atoms with Gasteiger partial charge in [-0.3, -0.25) is 9.20 Å². The second-order valence-corrected chi connectivity index (χ2v) is 7.92. The number of hydrogen-bond donors (Lipinski definition) is 1. The summed E-state index contributed by atoms with van der Waals surface area (Å²) in [5.74, 6) is 2.59. The van der Waals surface area contributed by atoms with Crippen LogP contribution in [0.5, 0.6) is 0 Å². The number of hydrogen-bond acceptors (Lipinski definition) is 6. The molecule has 1 aliphatic heterocycles. The van der Waals surface area contributed by atoms with Crippen LogP contribution in [0.2, 0.25) is 0 Å². The van der Waals surface area contributed by atoms with Crippen LogP contribution in [-0.2, 0) is 0 Å². The largest absolute Gasteiger partial charge is 0.382 e. The van der Waals surface area contributed by atoms with E-state index in [4.69, 9.17) is 10.7 Å². The Morgan fingerprint density at radius 1 is 1.31 bits per heavy atom. The first-order chi connectivity index (χ1) is 12.5. The van der Waals surface area contributed by atoms with Crippen LogP contribution < -0.4 is 5.73 Å². The van der Waals surface area contributed by atoms with Gasteiger partial charge in [-0.25, -0.2) is 9.97 Å². The van der Waals surface area contributed by atoms with Crippen LogP contribution in [0.25, 0.3) is 16.8 Å². The van der Waals surface area contributed by atoms with Crippen molar-refractivity contribution in [2.75, 3.05) is 31.6 Å². The third-order valence-corrected chi connectivity index (χ3v) is 5.91. The van der Waals surface area contributed by atoms with Gasteiger partial charge in [0.1, 0.15) is 22.9 Å². The Morgan fingerprint density at radius 2 is 2.08 bits per heavy atom. The number of benzene rings is 1. The number of nitrogens with zero attached hydrogens (tertiary/aromatic N) is 4. The third kappa shape index (κ3) is 2.97. The zero-order valence-corrected chi connectivity index (χ0v) is 15.7. The lowest BCUT2D eigenvalue weighted by Crippen LogP contribution is -2.31. The van der Waals surface area contributed by atoms with E-state index in [0.29, 0.717) is 11.4 Å². The smallest absolute Gasteiger partial charge is 0.159 e. The van der Waals surface area contributed by atoms with Crippen molar-refractivity contribution in [2.24, 2.45) is 0 Å². The van der Waals surface area contributed by atoms with Gasteiger partial charge in [-0.2, -0.15) is 0 Å². The maximum Gasteiger partial charge on any atom is 0.159 e. The molecule has 0 spiro atoms.